The Hall–Kier alpha value is -2.38. The molecule has 0 N–H and O–H groups in total. The minimum atomic E-state index is 0.259. The monoisotopic (exact) mass is 398 g/mol. The number of hydrogen-bond donors (Lipinski definition) is 0. The van der Waals surface area contributed by atoms with Crippen molar-refractivity contribution in [2.45, 2.75) is 25.5 Å². The molecule has 5 rings (SSSR count). The lowest BCUT2D eigenvalue weighted by molar-refractivity contribution is 0.0978. The molecule has 2 aliphatic rings. The Kier molecular flexibility index (Phi) is 4.78. The highest BCUT2D eigenvalue weighted by Crippen LogP contribution is 2.28. The Balaban J connectivity index is 1.34. The average Bonchev–Trinajstić information content (AvgIpc) is 3.39. The highest BCUT2D eigenvalue weighted by Gasteiger charge is 2.24. The van der Waals surface area contributed by atoms with Gasteiger partial charge in [0.2, 0.25) is 0 Å². The van der Waals surface area contributed by atoms with Crippen molar-refractivity contribution < 1.29 is 4.74 Å². The molecule has 2 saturated heterocycles. The van der Waals surface area contributed by atoms with Crippen LogP contribution in [0.25, 0.3) is 11.2 Å². The average molecular weight is 399 g/mol. The smallest absolute Gasteiger partial charge is 0.165 e. The molecule has 2 aromatic heterocycles. The highest BCUT2D eigenvalue weighted by atomic mass is 35.5. The third-order valence-electron chi connectivity index (χ3n) is 5.58. The number of piperazine rings is 1. The topological polar surface area (TPSA) is 59.3 Å². The van der Waals surface area contributed by atoms with Crippen LogP contribution in [-0.2, 0) is 11.3 Å². The first-order valence-corrected chi connectivity index (χ1v) is 10.2. The SMILES string of the molecule is Clc1ccccc1N1CCN(c2ncnc3c2ncn3CC2CCCO2)CC1. The van der Waals surface area contributed by atoms with E-state index in [0.717, 1.165) is 79.9 Å². The van der Waals surface area contributed by atoms with Gasteiger partial charge in [-0.1, -0.05) is 23.7 Å². The Morgan fingerprint density at radius 1 is 1.04 bits per heavy atom. The fourth-order valence-electron chi connectivity index (χ4n) is 4.11. The van der Waals surface area contributed by atoms with Crippen LogP contribution in [0.4, 0.5) is 11.5 Å². The van der Waals surface area contributed by atoms with Crippen molar-refractivity contribution in [1.29, 1.82) is 0 Å². The van der Waals surface area contributed by atoms with E-state index in [0.29, 0.717) is 0 Å². The summed E-state index contributed by atoms with van der Waals surface area (Å²) in [5.41, 5.74) is 2.85. The molecule has 7 nitrogen and oxygen atoms in total. The van der Waals surface area contributed by atoms with Gasteiger partial charge in [-0.3, -0.25) is 0 Å². The van der Waals surface area contributed by atoms with Crippen LogP contribution in [0.1, 0.15) is 12.8 Å². The van der Waals surface area contributed by atoms with Crippen LogP contribution in [-0.4, -0.2) is 58.4 Å². The van der Waals surface area contributed by atoms with Gasteiger partial charge in [-0.25, -0.2) is 15.0 Å². The predicted molar refractivity (Wildman–Crippen MR) is 110 cm³/mol. The summed E-state index contributed by atoms with van der Waals surface area (Å²) in [4.78, 5) is 18.3. The van der Waals surface area contributed by atoms with Gasteiger partial charge in [0.1, 0.15) is 6.33 Å². The van der Waals surface area contributed by atoms with Crippen molar-refractivity contribution in [3.8, 4) is 0 Å². The second kappa shape index (κ2) is 7.56. The zero-order valence-electron chi connectivity index (χ0n) is 15.7. The Bertz CT molecular complexity index is 962. The summed E-state index contributed by atoms with van der Waals surface area (Å²) in [6.07, 6.45) is 6.00. The highest BCUT2D eigenvalue weighted by molar-refractivity contribution is 6.33. The van der Waals surface area contributed by atoms with Gasteiger partial charge in [0, 0.05) is 32.8 Å². The third kappa shape index (κ3) is 3.29. The Morgan fingerprint density at radius 3 is 2.64 bits per heavy atom. The molecule has 0 saturated carbocycles. The number of hydrogen-bond acceptors (Lipinski definition) is 6. The summed E-state index contributed by atoms with van der Waals surface area (Å²) < 4.78 is 7.86. The molecule has 146 valence electrons. The number of benzene rings is 1. The molecular formula is C20H23ClN6O. The molecule has 2 fully saturated rings. The Labute approximate surface area is 168 Å². The zero-order chi connectivity index (χ0) is 18.9. The predicted octanol–water partition coefficient (Wildman–Crippen LogP) is 2.99. The first-order chi connectivity index (χ1) is 13.8. The number of ether oxygens (including phenoxy) is 1. The van der Waals surface area contributed by atoms with E-state index in [1.807, 2.05) is 24.5 Å². The quantitative estimate of drug-likeness (QED) is 0.673. The lowest BCUT2D eigenvalue weighted by Gasteiger charge is -2.37. The van der Waals surface area contributed by atoms with E-state index in [2.05, 4.69) is 35.4 Å². The second-order valence-electron chi connectivity index (χ2n) is 7.33. The van der Waals surface area contributed by atoms with Crippen molar-refractivity contribution >= 4 is 34.3 Å². The number of aromatic nitrogens is 4. The van der Waals surface area contributed by atoms with Gasteiger partial charge < -0.3 is 19.1 Å². The maximum atomic E-state index is 6.36. The first-order valence-electron chi connectivity index (χ1n) is 9.81. The van der Waals surface area contributed by atoms with Crippen LogP contribution in [0.3, 0.4) is 0 Å². The normalized spacial score (nSPS) is 20.2. The summed E-state index contributed by atoms with van der Waals surface area (Å²) in [6, 6.07) is 8.01. The molecule has 0 bridgehead atoms. The van der Waals surface area contributed by atoms with Crippen LogP contribution >= 0.6 is 11.6 Å². The van der Waals surface area contributed by atoms with Crippen molar-refractivity contribution in [1.82, 2.24) is 19.5 Å². The number of para-hydroxylation sites is 1. The maximum absolute atomic E-state index is 6.36. The molecule has 8 heteroatoms. The van der Waals surface area contributed by atoms with Crippen LogP contribution in [0, 0.1) is 0 Å². The fourth-order valence-corrected chi connectivity index (χ4v) is 4.36. The molecular weight excluding hydrogens is 376 g/mol. The molecule has 1 atom stereocenters. The number of halogens is 1. The van der Waals surface area contributed by atoms with E-state index in [-0.39, 0.29) is 6.10 Å². The van der Waals surface area contributed by atoms with Crippen LogP contribution in [0.2, 0.25) is 5.02 Å². The van der Waals surface area contributed by atoms with Crippen molar-refractivity contribution in [2.24, 2.45) is 0 Å². The van der Waals surface area contributed by atoms with E-state index >= 15 is 0 Å². The molecule has 0 aliphatic carbocycles. The third-order valence-corrected chi connectivity index (χ3v) is 5.90. The summed E-state index contributed by atoms with van der Waals surface area (Å²) in [6.45, 7) is 5.18. The molecule has 4 heterocycles. The molecule has 3 aromatic rings. The van der Waals surface area contributed by atoms with Gasteiger partial charge >= 0.3 is 0 Å². The van der Waals surface area contributed by atoms with Crippen molar-refractivity contribution in [3.63, 3.8) is 0 Å². The molecule has 1 aromatic carbocycles. The van der Waals surface area contributed by atoms with E-state index in [1.165, 1.54) is 0 Å². The van der Waals surface area contributed by atoms with E-state index < -0.39 is 0 Å². The number of nitrogens with zero attached hydrogens (tertiary/aromatic N) is 6. The number of fused-ring (bicyclic) bond motifs is 1. The van der Waals surface area contributed by atoms with E-state index in [1.54, 1.807) is 6.33 Å². The van der Waals surface area contributed by atoms with Gasteiger partial charge in [-0.2, -0.15) is 0 Å². The first kappa shape index (κ1) is 17.7. The van der Waals surface area contributed by atoms with Crippen LogP contribution < -0.4 is 9.80 Å². The van der Waals surface area contributed by atoms with Crippen LogP contribution in [0.5, 0.6) is 0 Å². The molecule has 0 radical (unpaired) electrons. The van der Waals surface area contributed by atoms with Crippen molar-refractivity contribution in [3.05, 3.63) is 41.9 Å². The number of imidazole rings is 1. The van der Waals surface area contributed by atoms with Crippen molar-refractivity contribution in [2.75, 3.05) is 42.6 Å². The van der Waals surface area contributed by atoms with E-state index in [9.17, 15) is 0 Å². The molecule has 1 unspecified atom stereocenters. The van der Waals surface area contributed by atoms with E-state index in [4.69, 9.17) is 16.3 Å². The summed E-state index contributed by atoms with van der Waals surface area (Å²) in [7, 11) is 0. The fraction of sp³-hybridized carbons (Fsp3) is 0.450. The Morgan fingerprint density at radius 2 is 1.86 bits per heavy atom. The van der Waals surface area contributed by atoms with Gasteiger partial charge in [0.05, 0.1) is 29.7 Å². The lowest BCUT2D eigenvalue weighted by Crippen LogP contribution is -2.47. The molecule has 28 heavy (non-hydrogen) atoms. The number of rotatable bonds is 4. The summed E-state index contributed by atoms with van der Waals surface area (Å²) >= 11 is 6.36. The largest absolute Gasteiger partial charge is 0.376 e. The van der Waals surface area contributed by atoms with Gasteiger partial charge in [-0.15, -0.1) is 0 Å². The maximum Gasteiger partial charge on any atom is 0.165 e. The molecule has 2 aliphatic heterocycles. The summed E-state index contributed by atoms with van der Waals surface area (Å²) in [5.74, 6) is 0.912. The lowest BCUT2D eigenvalue weighted by atomic mass is 10.2. The standard InChI is InChI=1S/C20H23ClN6O/c21-16-5-1-2-6-17(16)25-7-9-26(10-8-25)19-18-20(23-13-22-19)27(14-24-18)12-15-4-3-11-28-15/h1-2,5-6,13-15H,3-4,7-12H2. The van der Waals surface area contributed by atoms with Gasteiger partial charge in [0.25, 0.3) is 0 Å². The second-order valence-corrected chi connectivity index (χ2v) is 7.73. The minimum absolute atomic E-state index is 0.259. The zero-order valence-corrected chi connectivity index (χ0v) is 16.4. The van der Waals surface area contributed by atoms with Gasteiger partial charge in [0.15, 0.2) is 17.0 Å². The minimum Gasteiger partial charge on any atom is -0.376 e. The van der Waals surface area contributed by atoms with Gasteiger partial charge in [-0.05, 0) is 25.0 Å². The van der Waals surface area contributed by atoms with Crippen LogP contribution in [0.15, 0.2) is 36.9 Å². The molecule has 0 spiro atoms. The molecule has 0 amide bonds. The summed E-state index contributed by atoms with van der Waals surface area (Å²) in [5, 5.41) is 0.799. The number of anilines is 2.